The van der Waals surface area contributed by atoms with Gasteiger partial charge in [-0.05, 0) is 45.0 Å². The fourth-order valence-corrected chi connectivity index (χ4v) is 2.37. The monoisotopic (exact) mass is 366 g/mol. The van der Waals surface area contributed by atoms with E-state index in [4.69, 9.17) is 11.6 Å². The van der Waals surface area contributed by atoms with Crippen LogP contribution in [0.5, 0.6) is 0 Å². The van der Waals surface area contributed by atoms with Crippen molar-refractivity contribution in [3.63, 3.8) is 0 Å². The van der Waals surface area contributed by atoms with Gasteiger partial charge in [0.2, 0.25) is 0 Å². The molecular weight excluding hydrogens is 350 g/mol. The maximum Gasteiger partial charge on any atom is 0.275 e. The predicted octanol–water partition coefficient (Wildman–Crippen LogP) is 4.20. The van der Waals surface area contributed by atoms with Gasteiger partial charge in [0.1, 0.15) is 17.2 Å². The van der Waals surface area contributed by atoms with Crippen molar-refractivity contribution in [1.29, 1.82) is 0 Å². The molecule has 0 unspecified atom stereocenters. The summed E-state index contributed by atoms with van der Waals surface area (Å²) >= 11 is 6.04. The maximum atomic E-state index is 13.8. The Kier molecular flexibility index (Phi) is 5.42. The van der Waals surface area contributed by atoms with Gasteiger partial charge in [-0.2, -0.15) is 0 Å². The number of hydrogen-bond acceptors (Lipinski definition) is 2. The number of rotatable bonds is 2. The average Bonchev–Trinajstić information content (AvgIpc) is 2.51. The molecule has 0 saturated heterocycles. The Balaban J connectivity index is 2.38. The normalized spacial score (nSPS) is 11.1. The van der Waals surface area contributed by atoms with Crippen molar-refractivity contribution in [3.05, 3.63) is 70.2 Å². The Morgan fingerprint density at radius 3 is 2.08 bits per heavy atom. The fraction of sp³-hybridized carbons (Fsp3) is 0.222. The minimum atomic E-state index is -1.06. The molecule has 0 heterocycles. The molecule has 25 heavy (non-hydrogen) atoms. The molecule has 0 aliphatic carbocycles. The zero-order valence-electron chi connectivity index (χ0n) is 13.9. The topological polar surface area (TPSA) is 49.4 Å². The third-order valence-corrected chi connectivity index (χ3v) is 3.71. The average molecular weight is 367 g/mol. The van der Waals surface area contributed by atoms with E-state index in [2.05, 4.69) is 5.43 Å². The summed E-state index contributed by atoms with van der Waals surface area (Å²) in [4.78, 5) is 25.1. The van der Waals surface area contributed by atoms with Gasteiger partial charge in [-0.25, -0.2) is 13.8 Å². The van der Waals surface area contributed by atoms with Gasteiger partial charge < -0.3 is 0 Å². The van der Waals surface area contributed by atoms with E-state index in [0.29, 0.717) is 0 Å². The van der Waals surface area contributed by atoms with E-state index in [1.807, 2.05) is 0 Å². The van der Waals surface area contributed by atoms with Gasteiger partial charge in [0.05, 0.1) is 16.1 Å². The van der Waals surface area contributed by atoms with Gasteiger partial charge in [0.15, 0.2) is 0 Å². The number of hydrazine groups is 1. The fourth-order valence-electron chi connectivity index (χ4n) is 2.15. The third kappa shape index (κ3) is 4.14. The molecule has 2 amide bonds. The Morgan fingerprint density at radius 2 is 1.56 bits per heavy atom. The van der Waals surface area contributed by atoms with Crippen molar-refractivity contribution in [2.45, 2.75) is 26.3 Å². The lowest BCUT2D eigenvalue weighted by Gasteiger charge is -2.35. The second-order valence-corrected chi connectivity index (χ2v) is 6.74. The summed E-state index contributed by atoms with van der Waals surface area (Å²) in [6.45, 7) is 5.00. The van der Waals surface area contributed by atoms with Crippen molar-refractivity contribution in [2.24, 2.45) is 0 Å². The standard InChI is InChI=1S/C18H17ClF2N2O2/c1-18(2,3)23(17(25)11-7-4-5-8-12(11)19)22-16(24)15-13(20)9-6-10-14(15)21/h4-10H,1-3H3,(H,22,24). The Bertz CT molecular complexity index is 799. The first-order valence-electron chi connectivity index (χ1n) is 7.47. The molecule has 0 atom stereocenters. The van der Waals surface area contributed by atoms with Crippen LogP contribution in [0.1, 0.15) is 41.5 Å². The molecule has 0 radical (unpaired) electrons. The van der Waals surface area contributed by atoms with Crippen molar-refractivity contribution in [3.8, 4) is 0 Å². The summed E-state index contributed by atoms with van der Waals surface area (Å²) in [5, 5.41) is 1.20. The van der Waals surface area contributed by atoms with Crippen LogP contribution in [0.3, 0.4) is 0 Å². The molecule has 0 fully saturated rings. The van der Waals surface area contributed by atoms with Crippen molar-refractivity contribution >= 4 is 23.4 Å². The minimum Gasteiger partial charge on any atom is -0.267 e. The zero-order chi connectivity index (χ0) is 18.8. The van der Waals surface area contributed by atoms with Crippen LogP contribution in [-0.4, -0.2) is 22.4 Å². The van der Waals surface area contributed by atoms with Gasteiger partial charge >= 0.3 is 0 Å². The van der Waals surface area contributed by atoms with E-state index < -0.39 is 34.6 Å². The van der Waals surface area contributed by atoms with Gasteiger partial charge in [0, 0.05) is 0 Å². The van der Waals surface area contributed by atoms with Crippen LogP contribution in [0, 0.1) is 11.6 Å². The van der Waals surface area contributed by atoms with E-state index in [9.17, 15) is 18.4 Å². The molecule has 7 heteroatoms. The van der Waals surface area contributed by atoms with E-state index >= 15 is 0 Å². The van der Waals surface area contributed by atoms with Crippen LogP contribution in [0.4, 0.5) is 8.78 Å². The molecule has 0 spiro atoms. The SMILES string of the molecule is CC(C)(C)N(NC(=O)c1c(F)cccc1F)C(=O)c1ccccc1Cl. The van der Waals surface area contributed by atoms with Gasteiger partial charge in [-0.1, -0.05) is 29.8 Å². The number of hydrogen-bond donors (Lipinski definition) is 1. The number of benzene rings is 2. The highest BCUT2D eigenvalue weighted by Gasteiger charge is 2.31. The molecule has 2 rings (SSSR count). The smallest absolute Gasteiger partial charge is 0.267 e. The lowest BCUT2D eigenvalue weighted by atomic mass is 10.1. The minimum absolute atomic E-state index is 0.161. The van der Waals surface area contributed by atoms with E-state index in [1.165, 1.54) is 12.1 Å². The van der Waals surface area contributed by atoms with Gasteiger partial charge in [-0.3, -0.25) is 15.0 Å². The highest BCUT2D eigenvalue weighted by atomic mass is 35.5. The van der Waals surface area contributed by atoms with E-state index in [-0.39, 0.29) is 10.6 Å². The number of carbonyl (C=O) groups is 2. The summed E-state index contributed by atoms with van der Waals surface area (Å²) in [7, 11) is 0. The van der Waals surface area contributed by atoms with Crippen molar-refractivity contribution in [2.75, 3.05) is 0 Å². The summed E-state index contributed by atoms with van der Waals surface area (Å²) in [6.07, 6.45) is 0. The Hall–Kier alpha value is -2.47. The van der Waals surface area contributed by atoms with Crippen LogP contribution < -0.4 is 5.43 Å². The maximum absolute atomic E-state index is 13.8. The number of halogens is 3. The molecule has 4 nitrogen and oxygen atoms in total. The first-order valence-corrected chi connectivity index (χ1v) is 7.85. The Morgan fingerprint density at radius 1 is 1.00 bits per heavy atom. The molecule has 0 aliphatic heterocycles. The first-order chi connectivity index (χ1) is 11.6. The largest absolute Gasteiger partial charge is 0.275 e. The molecule has 0 aliphatic rings. The molecule has 132 valence electrons. The number of carbonyl (C=O) groups excluding carboxylic acids is 2. The first kappa shape index (κ1) is 18.9. The zero-order valence-corrected chi connectivity index (χ0v) is 14.7. The number of nitrogens with zero attached hydrogens (tertiary/aromatic N) is 1. The molecule has 2 aromatic rings. The molecule has 2 aromatic carbocycles. The van der Waals surface area contributed by atoms with Crippen LogP contribution in [0.2, 0.25) is 5.02 Å². The second-order valence-electron chi connectivity index (χ2n) is 6.33. The summed E-state index contributed by atoms with van der Waals surface area (Å²) in [6, 6.07) is 9.40. The summed E-state index contributed by atoms with van der Waals surface area (Å²) < 4.78 is 27.6. The van der Waals surface area contributed by atoms with Crippen LogP contribution in [0.15, 0.2) is 42.5 Å². The summed E-state index contributed by atoms with van der Waals surface area (Å²) in [5.41, 5.74) is 0.819. The second kappa shape index (κ2) is 7.19. The third-order valence-electron chi connectivity index (χ3n) is 3.38. The Labute approximate surface area is 149 Å². The number of amides is 2. The molecule has 0 bridgehead atoms. The van der Waals surface area contributed by atoms with Gasteiger partial charge in [0.25, 0.3) is 11.8 Å². The van der Waals surface area contributed by atoms with Crippen LogP contribution >= 0.6 is 11.6 Å². The molecule has 0 saturated carbocycles. The van der Waals surface area contributed by atoms with E-state index in [0.717, 1.165) is 23.2 Å². The number of nitrogens with one attached hydrogen (secondary N) is 1. The highest BCUT2D eigenvalue weighted by Crippen LogP contribution is 2.22. The molecule has 0 aromatic heterocycles. The lowest BCUT2D eigenvalue weighted by molar-refractivity contribution is 0.0355. The van der Waals surface area contributed by atoms with Crippen LogP contribution in [-0.2, 0) is 0 Å². The van der Waals surface area contributed by atoms with Gasteiger partial charge in [-0.15, -0.1) is 0 Å². The quantitative estimate of drug-likeness (QED) is 0.810. The lowest BCUT2D eigenvalue weighted by Crippen LogP contribution is -2.56. The molecule has 1 N–H and O–H groups in total. The highest BCUT2D eigenvalue weighted by molar-refractivity contribution is 6.33. The predicted molar refractivity (Wildman–Crippen MR) is 91.2 cm³/mol. The van der Waals surface area contributed by atoms with Crippen LogP contribution in [0.25, 0.3) is 0 Å². The van der Waals surface area contributed by atoms with E-state index in [1.54, 1.807) is 32.9 Å². The van der Waals surface area contributed by atoms with Crippen molar-refractivity contribution in [1.82, 2.24) is 10.4 Å². The summed E-state index contributed by atoms with van der Waals surface area (Å²) in [5.74, 6) is -3.69. The molecular formula is C18H17ClF2N2O2. The van der Waals surface area contributed by atoms with Crippen molar-refractivity contribution < 1.29 is 18.4 Å².